The molecule has 2 fully saturated rings. The van der Waals surface area contributed by atoms with Crippen molar-refractivity contribution in [1.82, 2.24) is 0 Å². The van der Waals surface area contributed by atoms with Crippen LogP contribution in [0.3, 0.4) is 0 Å². The molecule has 0 radical (unpaired) electrons. The number of rotatable bonds is 5. The Labute approximate surface area is 165 Å². The molecule has 1 aliphatic carbocycles. The third-order valence-corrected chi connectivity index (χ3v) is 5.78. The predicted molar refractivity (Wildman–Crippen MR) is 89.5 cm³/mol. The number of aliphatic hydroxyl groups excluding tert-OH is 6. The van der Waals surface area contributed by atoms with Gasteiger partial charge in [0.25, 0.3) is 0 Å². The molecule has 0 spiro atoms. The normalized spacial score (nSPS) is 47.2. The minimum Gasteiger partial charge on any atom is -0.471 e. The SMILES string of the molecule is COC(=O)C1=CO[C@@H](O[C@H]2O[C@H](CO)[C@@H](O)[C@H](O)[C@H]2O)[C@H]2[C@@H]1[C@H](O)C[C@]2(O)CO. The quantitative estimate of drug-likeness (QED) is 0.212. The maximum atomic E-state index is 12.0. The van der Waals surface area contributed by atoms with Gasteiger partial charge >= 0.3 is 5.97 Å². The van der Waals surface area contributed by atoms with Gasteiger partial charge in [0.2, 0.25) is 6.29 Å². The number of ether oxygens (including phenoxy) is 4. The van der Waals surface area contributed by atoms with Crippen LogP contribution in [0.15, 0.2) is 11.8 Å². The number of carbonyl (C=O) groups excluding carboxylic acids is 1. The zero-order chi connectivity index (χ0) is 21.5. The maximum absolute atomic E-state index is 12.0. The lowest BCUT2D eigenvalue weighted by molar-refractivity contribution is -0.347. The van der Waals surface area contributed by atoms with E-state index in [1.165, 1.54) is 0 Å². The Bertz CT molecular complexity index is 638. The Balaban J connectivity index is 1.89. The summed E-state index contributed by atoms with van der Waals surface area (Å²) in [5.41, 5.74) is -1.96. The summed E-state index contributed by atoms with van der Waals surface area (Å²) in [5, 5.41) is 70.2. The number of esters is 1. The number of methoxy groups -OCH3 is 1. The molecule has 2 aliphatic heterocycles. The fourth-order valence-corrected chi connectivity index (χ4v) is 4.23. The maximum Gasteiger partial charge on any atom is 0.337 e. The highest BCUT2D eigenvalue weighted by Crippen LogP contribution is 2.49. The third-order valence-electron chi connectivity index (χ3n) is 5.78. The second kappa shape index (κ2) is 8.41. The molecule has 3 aliphatic rings. The summed E-state index contributed by atoms with van der Waals surface area (Å²) in [5.74, 6) is -2.97. The van der Waals surface area contributed by atoms with Gasteiger partial charge < -0.3 is 54.7 Å². The molecule has 0 amide bonds. The number of aliphatic hydroxyl groups is 7. The molecular weight excluding hydrogens is 396 g/mol. The Morgan fingerprint density at radius 2 is 1.86 bits per heavy atom. The van der Waals surface area contributed by atoms with Crippen LogP contribution in [0.2, 0.25) is 0 Å². The molecular formula is C17H26O12. The summed E-state index contributed by atoms with van der Waals surface area (Å²) < 4.78 is 20.9. The van der Waals surface area contributed by atoms with E-state index in [0.717, 1.165) is 13.4 Å². The van der Waals surface area contributed by atoms with Crippen LogP contribution in [0.1, 0.15) is 6.42 Å². The summed E-state index contributed by atoms with van der Waals surface area (Å²) >= 11 is 0. The standard InChI is InChI=1S/C17H26O12/c1-26-14(24)6-4-27-15(10-9(6)7(20)2-17(10,25)5-19)29-16-13(23)12(22)11(21)8(3-18)28-16/h4,7-13,15-16,18-23,25H,2-3,5H2,1H3/t7-,8-,9+,10-,11-,12+,13-,15+,16-,17+/m1/s1. The lowest BCUT2D eigenvalue weighted by Gasteiger charge is -2.44. The number of carbonyl (C=O) groups is 1. The molecule has 0 aromatic heterocycles. The lowest BCUT2D eigenvalue weighted by Crippen LogP contribution is -2.61. The second-order valence-electron chi connectivity index (χ2n) is 7.49. The van der Waals surface area contributed by atoms with Crippen molar-refractivity contribution < 1.29 is 59.5 Å². The van der Waals surface area contributed by atoms with E-state index < -0.39 is 79.7 Å². The molecule has 166 valence electrons. The number of hydrogen-bond donors (Lipinski definition) is 7. The zero-order valence-electron chi connectivity index (χ0n) is 15.6. The van der Waals surface area contributed by atoms with E-state index in [4.69, 9.17) is 14.2 Å². The number of fused-ring (bicyclic) bond motifs is 1. The molecule has 1 saturated carbocycles. The molecule has 12 heteroatoms. The third kappa shape index (κ3) is 3.76. The van der Waals surface area contributed by atoms with Crippen molar-refractivity contribution in [2.75, 3.05) is 20.3 Å². The fourth-order valence-electron chi connectivity index (χ4n) is 4.23. The van der Waals surface area contributed by atoms with Crippen molar-refractivity contribution in [1.29, 1.82) is 0 Å². The molecule has 2 heterocycles. The van der Waals surface area contributed by atoms with Crippen molar-refractivity contribution in [3.8, 4) is 0 Å². The Kier molecular flexibility index (Phi) is 6.48. The van der Waals surface area contributed by atoms with E-state index >= 15 is 0 Å². The van der Waals surface area contributed by atoms with E-state index in [9.17, 15) is 40.5 Å². The second-order valence-corrected chi connectivity index (χ2v) is 7.49. The Hall–Kier alpha value is -1.35. The topological polar surface area (TPSA) is 196 Å². The van der Waals surface area contributed by atoms with Crippen LogP contribution in [0, 0.1) is 11.8 Å². The molecule has 12 nitrogen and oxygen atoms in total. The van der Waals surface area contributed by atoms with E-state index in [0.29, 0.717) is 0 Å². The minimum absolute atomic E-state index is 0.0666. The highest BCUT2D eigenvalue weighted by Gasteiger charge is 2.61. The van der Waals surface area contributed by atoms with E-state index in [1.54, 1.807) is 0 Å². The van der Waals surface area contributed by atoms with Gasteiger partial charge in [-0.2, -0.15) is 0 Å². The van der Waals surface area contributed by atoms with Gasteiger partial charge in [-0.1, -0.05) is 0 Å². The summed E-state index contributed by atoms with van der Waals surface area (Å²) in [4.78, 5) is 12.0. The molecule has 1 saturated heterocycles. The molecule has 0 unspecified atom stereocenters. The van der Waals surface area contributed by atoms with Crippen LogP contribution in [-0.2, 0) is 23.7 Å². The van der Waals surface area contributed by atoms with Crippen molar-refractivity contribution in [3.63, 3.8) is 0 Å². The summed E-state index contributed by atoms with van der Waals surface area (Å²) in [6, 6.07) is 0. The minimum atomic E-state index is -1.89. The van der Waals surface area contributed by atoms with Crippen molar-refractivity contribution in [2.45, 2.75) is 55.1 Å². The largest absolute Gasteiger partial charge is 0.471 e. The first kappa shape index (κ1) is 22.3. The highest BCUT2D eigenvalue weighted by molar-refractivity contribution is 5.89. The fraction of sp³-hybridized carbons (Fsp3) is 0.824. The zero-order valence-corrected chi connectivity index (χ0v) is 15.6. The smallest absolute Gasteiger partial charge is 0.337 e. The first-order chi connectivity index (χ1) is 13.7. The molecule has 7 N–H and O–H groups in total. The molecule has 29 heavy (non-hydrogen) atoms. The molecule has 0 aromatic carbocycles. The van der Waals surface area contributed by atoms with Crippen molar-refractivity contribution in [2.24, 2.45) is 11.8 Å². The van der Waals surface area contributed by atoms with Gasteiger partial charge in [0, 0.05) is 12.3 Å². The van der Waals surface area contributed by atoms with Crippen molar-refractivity contribution in [3.05, 3.63) is 11.8 Å². The van der Waals surface area contributed by atoms with Gasteiger partial charge in [0.15, 0.2) is 6.29 Å². The van der Waals surface area contributed by atoms with Crippen LogP contribution in [-0.4, -0.2) is 111 Å². The summed E-state index contributed by atoms with van der Waals surface area (Å²) in [6.07, 6.45) is -9.76. The van der Waals surface area contributed by atoms with Crippen LogP contribution < -0.4 is 0 Å². The van der Waals surface area contributed by atoms with E-state index in [1.807, 2.05) is 0 Å². The average molecular weight is 422 g/mol. The Morgan fingerprint density at radius 3 is 2.45 bits per heavy atom. The van der Waals surface area contributed by atoms with Gasteiger partial charge in [-0.25, -0.2) is 4.79 Å². The van der Waals surface area contributed by atoms with Gasteiger partial charge in [-0.3, -0.25) is 0 Å². The van der Waals surface area contributed by atoms with Gasteiger partial charge in [-0.05, 0) is 0 Å². The van der Waals surface area contributed by atoms with E-state index in [-0.39, 0.29) is 12.0 Å². The summed E-state index contributed by atoms with van der Waals surface area (Å²) in [6.45, 7) is -1.45. The van der Waals surface area contributed by atoms with Crippen LogP contribution in [0.25, 0.3) is 0 Å². The van der Waals surface area contributed by atoms with Crippen molar-refractivity contribution >= 4 is 5.97 Å². The highest BCUT2D eigenvalue weighted by atomic mass is 16.8. The van der Waals surface area contributed by atoms with E-state index in [2.05, 4.69) is 4.74 Å². The monoisotopic (exact) mass is 422 g/mol. The molecule has 0 bridgehead atoms. The van der Waals surface area contributed by atoms with Gasteiger partial charge in [0.05, 0.1) is 49.8 Å². The first-order valence-corrected chi connectivity index (χ1v) is 9.09. The van der Waals surface area contributed by atoms with Crippen LogP contribution in [0.5, 0.6) is 0 Å². The lowest BCUT2D eigenvalue weighted by atomic mass is 9.80. The van der Waals surface area contributed by atoms with Crippen LogP contribution in [0.4, 0.5) is 0 Å². The van der Waals surface area contributed by atoms with Gasteiger partial charge in [-0.15, -0.1) is 0 Å². The molecule has 0 aromatic rings. The predicted octanol–water partition coefficient (Wildman–Crippen LogP) is -4.06. The molecule has 3 rings (SSSR count). The number of hydrogen-bond acceptors (Lipinski definition) is 12. The first-order valence-electron chi connectivity index (χ1n) is 9.09. The average Bonchev–Trinajstić information content (AvgIpc) is 2.99. The molecule has 10 atom stereocenters. The Morgan fingerprint density at radius 1 is 1.17 bits per heavy atom. The van der Waals surface area contributed by atoms with Gasteiger partial charge in [0.1, 0.15) is 24.4 Å². The van der Waals surface area contributed by atoms with Crippen LogP contribution >= 0.6 is 0 Å². The summed E-state index contributed by atoms with van der Waals surface area (Å²) in [7, 11) is 1.13.